The van der Waals surface area contributed by atoms with Crippen molar-refractivity contribution in [2.75, 3.05) is 29.2 Å². The lowest BCUT2D eigenvalue weighted by atomic mass is 10.0. The largest absolute Gasteiger partial charge is 0.369 e. The second-order valence-corrected chi connectivity index (χ2v) is 12.7. The summed E-state index contributed by atoms with van der Waals surface area (Å²) in [7, 11) is 0. The Morgan fingerprint density at radius 3 is 1.77 bits per heavy atom. The first-order valence-electron chi connectivity index (χ1n) is 18.0. The van der Waals surface area contributed by atoms with Crippen LogP contribution in [0.2, 0.25) is 0 Å². The second kappa shape index (κ2) is 23.9. The van der Waals surface area contributed by atoms with Crippen molar-refractivity contribution in [3.05, 3.63) is 10.4 Å². The molecular formula is C35H63N5O4. The molecule has 0 saturated heterocycles. The molecule has 1 aliphatic heterocycles. The van der Waals surface area contributed by atoms with Crippen molar-refractivity contribution >= 4 is 29.0 Å². The number of Topliss-reactive ketones (excluding diaryl/α,β-unsaturated/α-hetero) is 2. The summed E-state index contributed by atoms with van der Waals surface area (Å²) in [5, 5.41) is 3.03. The molecule has 0 aromatic carbocycles. The highest BCUT2D eigenvalue weighted by Crippen LogP contribution is 2.29. The highest BCUT2D eigenvalue weighted by molar-refractivity contribution is 5.88. The zero-order chi connectivity index (χ0) is 31.8. The molecule has 9 nitrogen and oxygen atoms in total. The summed E-state index contributed by atoms with van der Waals surface area (Å²) in [6.45, 7) is 5.02. The Kier molecular flexibility index (Phi) is 20.5. The fraction of sp³-hybridized carbons (Fsp3) is 0.829. The van der Waals surface area contributed by atoms with Gasteiger partial charge in [0.05, 0.1) is 13.3 Å². The molecule has 1 unspecified atom stereocenters. The van der Waals surface area contributed by atoms with E-state index in [0.29, 0.717) is 43.8 Å². The van der Waals surface area contributed by atoms with Gasteiger partial charge in [0, 0.05) is 19.3 Å². The average molecular weight is 618 g/mol. The number of H-pyrrole nitrogens is 1. The highest BCUT2D eigenvalue weighted by atomic mass is 16.5. The predicted octanol–water partition coefficient (Wildman–Crippen LogP) is 8.42. The second-order valence-electron chi connectivity index (χ2n) is 12.7. The number of hydrogen-bond donors (Lipinski definition) is 3. The number of rotatable bonds is 29. The van der Waals surface area contributed by atoms with Crippen LogP contribution in [0.1, 0.15) is 168 Å². The van der Waals surface area contributed by atoms with Gasteiger partial charge < -0.3 is 20.7 Å². The summed E-state index contributed by atoms with van der Waals surface area (Å²) >= 11 is 0. The van der Waals surface area contributed by atoms with Gasteiger partial charge in [0.25, 0.3) is 5.56 Å². The van der Waals surface area contributed by atoms with Crippen LogP contribution in [0.15, 0.2) is 4.79 Å². The molecule has 44 heavy (non-hydrogen) atoms. The molecule has 252 valence electrons. The number of carbonyl (C=O) groups is 2. The van der Waals surface area contributed by atoms with Crippen molar-refractivity contribution in [2.24, 2.45) is 0 Å². The van der Waals surface area contributed by atoms with Crippen LogP contribution in [-0.4, -0.2) is 41.0 Å². The molecule has 0 fully saturated rings. The monoisotopic (exact) mass is 617 g/mol. The molecule has 2 heterocycles. The van der Waals surface area contributed by atoms with E-state index in [1.54, 1.807) is 4.90 Å². The minimum absolute atomic E-state index is 0.000846. The molecule has 1 atom stereocenters. The first-order valence-corrected chi connectivity index (χ1v) is 18.0. The van der Waals surface area contributed by atoms with E-state index in [2.05, 4.69) is 29.1 Å². The maximum Gasteiger partial charge on any atom is 0.277 e. The summed E-state index contributed by atoms with van der Waals surface area (Å²) < 4.78 is 6.11. The number of fused-ring (bicyclic) bond motifs is 1. The first kappa shape index (κ1) is 37.8. The molecule has 0 spiro atoms. The molecule has 2 rings (SSSR count). The third kappa shape index (κ3) is 15.5. The Hall–Kier alpha value is -2.42. The van der Waals surface area contributed by atoms with Gasteiger partial charge in [-0.25, -0.2) is 0 Å². The van der Waals surface area contributed by atoms with Crippen LogP contribution < -0.4 is 21.5 Å². The normalized spacial score (nSPS) is 13.2. The van der Waals surface area contributed by atoms with E-state index in [9.17, 15) is 14.4 Å². The SMILES string of the molecule is CCCCCCCCCCCCC(=O)CCCOC(C(=O)CCCCCCCCCCCC)N1CNc2c1nc(N)[nH]c2=O. The van der Waals surface area contributed by atoms with Crippen LogP contribution in [0.25, 0.3) is 0 Å². The molecule has 0 radical (unpaired) electrons. The van der Waals surface area contributed by atoms with Crippen molar-refractivity contribution in [3.63, 3.8) is 0 Å². The number of unbranched alkanes of at least 4 members (excludes halogenated alkanes) is 18. The number of aromatic amines is 1. The zero-order valence-electron chi connectivity index (χ0n) is 28.1. The Bertz CT molecular complexity index is 982. The van der Waals surface area contributed by atoms with Crippen LogP contribution in [-0.2, 0) is 14.3 Å². The van der Waals surface area contributed by atoms with Crippen LogP contribution in [0.5, 0.6) is 0 Å². The quantitative estimate of drug-likeness (QED) is 0.0764. The number of hydrogen-bond acceptors (Lipinski definition) is 8. The van der Waals surface area contributed by atoms with E-state index in [-0.39, 0.29) is 29.7 Å². The number of nitrogens with one attached hydrogen (secondary N) is 2. The molecule has 9 heteroatoms. The van der Waals surface area contributed by atoms with Crippen LogP contribution in [0.4, 0.5) is 17.5 Å². The summed E-state index contributed by atoms with van der Waals surface area (Å²) in [5.41, 5.74) is 5.74. The van der Waals surface area contributed by atoms with Gasteiger partial charge in [0.2, 0.25) is 5.95 Å². The number of ether oxygens (including phenoxy) is 1. The van der Waals surface area contributed by atoms with Crippen LogP contribution >= 0.6 is 0 Å². The van der Waals surface area contributed by atoms with Gasteiger partial charge in [-0.05, 0) is 19.3 Å². The Morgan fingerprint density at radius 1 is 0.750 bits per heavy atom. The number of nitrogen functional groups attached to an aromatic ring is 1. The van der Waals surface area contributed by atoms with Gasteiger partial charge in [-0.2, -0.15) is 4.98 Å². The van der Waals surface area contributed by atoms with Crippen LogP contribution in [0.3, 0.4) is 0 Å². The minimum Gasteiger partial charge on any atom is -0.369 e. The fourth-order valence-electron chi connectivity index (χ4n) is 5.94. The van der Waals surface area contributed by atoms with Crippen molar-refractivity contribution < 1.29 is 14.3 Å². The number of nitrogens with zero attached hydrogens (tertiary/aromatic N) is 2. The van der Waals surface area contributed by atoms with Crippen LogP contribution in [0, 0.1) is 0 Å². The van der Waals surface area contributed by atoms with E-state index in [4.69, 9.17) is 10.5 Å². The number of ketones is 2. The Balaban J connectivity index is 1.72. The average Bonchev–Trinajstić information content (AvgIpc) is 3.42. The first-order chi connectivity index (χ1) is 21.5. The maximum absolute atomic E-state index is 13.4. The van der Waals surface area contributed by atoms with Crippen molar-refractivity contribution in [3.8, 4) is 0 Å². The zero-order valence-corrected chi connectivity index (χ0v) is 28.1. The van der Waals surface area contributed by atoms with Crippen molar-refractivity contribution in [1.82, 2.24) is 9.97 Å². The third-order valence-corrected chi connectivity index (χ3v) is 8.64. The lowest BCUT2D eigenvalue weighted by Crippen LogP contribution is -2.44. The number of aromatic nitrogens is 2. The van der Waals surface area contributed by atoms with Gasteiger partial charge in [-0.15, -0.1) is 0 Å². The number of carbonyl (C=O) groups excluding carboxylic acids is 2. The van der Waals surface area contributed by atoms with Gasteiger partial charge >= 0.3 is 0 Å². The molecule has 0 saturated carbocycles. The molecule has 0 aliphatic carbocycles. The minimum atomic E-state index is -0.868. The summed E-state index contributed by atoms with van der Waals surface area (Å²) in [6.07, 6.45) is 25.7. The van der Waals surface area contributed by atoms with Gasteiger partial charge in [-0.3, -0.25) is 19.4 Å². The maximum atomic E-state index is 13.4. The summed E-state index contributed by atoms with van der Waals surface area (Å²) in [5.74, 6) is 0.567. The molecule has 4 N–H and O–H groups in total. The molecular weight excluding hydrogens is 554 g/mol. The molecule has 1 aromatic heterocycles. The van der Waals surface area contributed by atoms with Gasteiger partial charge in [0.15, 0.2) is 17.8 Å². The third-order valence-electron chi connectivity index (χ3n) is 8.64. The Morgan fingerprint density at radius 2 is 1.23 bits per heavy atom. The smallest absolute Gasteiger partial charge is 0.277 e. The molecule has 0 bridgehead atoms. The van der Waals surface area contributed by atoms with E-state index in [1.165, 1.54) is 96.3 Å². The predicted molar refractivity (Wildman–Crippen MR) is 182 cm³/mol. The topological polar surface area (TPSA) is 130 Å². The standard InChI is InChI=1S/C35H63N5O4/c1-3-5-7-9-11-13-15-17-19-21-24-29(41)25-23-27-44-34(40-28-37-31-32(40)38-35(36)39-33(31)43)30(42)26-22-20-18-16-14-12-10-8-6-4-2/h34,37H,3-28H2,1-2H3,(H3,36,38,39,43). The molecule has 1 aromatic rings. The fourth-order valence-corrected chi connectivity index (χ4v) is 5.94. The highest BCUT2D eigenvalue weighted by Gasteiger charge is 2.34. The summed E-state index contributed by atoms with van der Waals surface area (Å²) in [4.78, 5) is 46.7. The molecule has 0 amide bonds. The van der Waals surface area contributed by atoms with E-state index in [0.717, 1.165) is 32.1 Å². The number of nitrogens with two attached hydrogens (primary N) is 1. The lowest BCUT2D eigenvalue weighted by molar-refractivity contribution is -0.130. The van der Waals surface area contributed by atoms with Gasteiger partial charge in [-0.1, -0.05) is 129 Å². The van der Waals surface area contributed by atoms with Crippen molar-refractivity contribution in [1.29, 1.82) is 0 Å². The van der Waals surface area contributed by atoms with Gasteiger partial charge in [0.1, 0.15) is 11.5 Å². The van der Waals surface area contributed by atoms with Crippen molar-refractivity contribution in [2.45, 2.75) is 174 Å². The van der Waals surface area contributed by atoms with E-state index in [1.807, 2.05) is 0 Å². The van der Waals surface area contributed by atoms with E-state index < -0.39 is 6.23 Å². The Labute approximate surface area is 266 Å². The summed E-state index contributed by atoms with van der Waals surface area (Å²) in [6, 6.07) is 0. The van der Waals surface area contributed by atoms with E-state index >= 15 is 0 Å². The molecule has 1 aliphatic rings. The number of anilines is 3. The lowest BCUT2D eigenvalue weighted by Gasteiger charge is -2.27.